The van der Waals surface area contributed by atoms with Crippen molar-refractivity contribution in [1.82, 2.24) is 0 Å². The van der Waals surface area contributed by atoms with Crippen molar-refractivity contribution >= 4 is 32.5 Å². The van der Waals surface area contributed by atoms with E-state index in [0.717, 1.165) is 21.5 Å². The Labute approximate surface area is 134 Å². The summed E-state index contributed by atoms with van der Waals surface area (Å²) >= 11 is 0. The van der Waals surface area contributed by atoms with Gasteiger partial charge >= 0.3 is 5.63 Å². The molecule has 0 saturated carbocycles. The molecule has 114 valence electrons. The summed E-state index contributed by atoms with van der Waals surface area (Å²) < 4.78 is 5.59. The summed E-state index contributed by atoms with van der Waals surface area (Å²) in [5.74, 6) is 0.403. The molecule has 0 unspecified atom stereocenters. The molecule has 0 aliphatic rings. The van der Waals surface area contributed by atoms with Crippen LogP contribution in [0.15, 0.2) is 57.7 Å². The number of hydrogen-bond acceptors (Lipinski definition) is 2. The Morgan fingerprint density at radius 1 is 0.826 bits per heavy atom. The van der Waals surface area contributed by atoms with Crippen molar-refractivity contribution in [1.29, 1.82) is 0 Å². The molecule has 23 heavy (non-hydrogen) atoms. The maximum atomic E-state index is 12.4. The minimum absolute atomic E-state index is 0.267. The summed E-state index contributed by atoms with van der Waals surface area (Å²) in [5.41, 5.74) is 2.76. The van der Waals surface area contributed by atoms with Gasteiger partial charge in [0.25, 0.3) is 0 Å². The van der Waals surface area contributed by atoms with Gasteiger partial charge in [-0.3, -0.25) is 0 Å². The predicted octanol–water partition coefficient (Wildman–Crippen LogP) is 5.53. The number of benzene rings is 3. The maximum absolute atomic E-state index is 12.4. The SMILES string of the molecule is Cc1ccc2cc3c(cc2c1)c(=O)oc1cc(C(C)C)ccc13. The molecule has 4 aromatic rings. The van der Waals surface area contributed by atoms with Gasteiger partial charge in [0.05, 0.1) is 5.39 Å². The van der Waals surface area contributed by atoms with Gasteiger partial charge in [0.15, 0.2) is 0 Å². The zero-order valence-electron chi connectivity index (χ0n) is 13.5. The highest BCUT2D eigenvalue weighted by Gasteiger charge is 2.10. The molecular formula is C21H18O2. The van der Waals surface area contributed by atoms with Crippen LogP contribution in [0.25, 0.3) is 32.5 Å². The number of aryl methyl sites for hydroxylation is 1. The molecule has 0 fully saturated rings. The second kappa shape index (κ2) is 4.95. The van der Waals surface area contributed by atoms with E-state index in [2.05, 4.69) is 57.2 Å². The molecule has 0 spiro atoms. The van der Waals surface area contributed by atoms with Crippen molar-refractivity contribution < 1.29 is 4.42 Å². The highest BCUT2D eigenvalue weighted by Crippen LogP contribution is 2.29. The van der Waals surface area contributed by atoms with Crippen LogP contribution >= 0.6 is 0 Å². The van der Waals surface area contributed by atoms with Crippen molar-refractivity contribution in [2.24, 2.45) is 0 Å². The minimum atomic E-state index is -0.267. The molecule has 3 aromatic carbocycles. The summed E-state index contributed by atoms with van der Waals surface area (Å²) in [5, 5.41) is 4.81. The molecule has 1 aromatic heterocycles. The van der Waals surface area contributed by atoms with Crippen LogP contribution in [-0.4, -0.2) is 0 Å². The fraction of sp³-hybridized carbons (Fsp3) is 0.190. The zero-order chi connectivity index (χ0) is 16.1. The Morgan fingerprint density at radius 2 is 1.61 bits per heavy atom. The monoisotopic (exact) mass is 302 g/mol. The van der Waals surface area contributed by atoms with Crippen LogP contribution in [0.3, 0.4) is 0 Å². The summed E-state index contributed by atoms with van der Waals surface area (Å²) in [6, 6.07) is 16.5. The number of hydrogen-bond donors (Lipinski definition) is 0. The summed E-state index contributed by atoms with van der Waals surface area (Å²) in [7, 11) is 0. The Balaban J connectivity index is 2.15. The quantitative estimate of drug-likeness (QED) is 0.263. The van der Waals surface area contributed by atoms with Gasteiger partial charge < -0.3 is 4.42 Å². The lowest BCUT2D eigenvalue weighted by atomic mass is 9.98. The van der Waals surface area contributed by atoms with E-state index in [-0.39, 0.29) is 5.63 Å². The maximum Gasteiger partial charge on any atom is 0.344 e. The fourth-order valence-corrected chi connectivity index (χ4v) is 3.17. The minimum Gasteiger partial charge on any atom is -0.422 e. The molecule has 0 amide bonds. The Kier molecular flexibility index (Phi) is 3.02. The van der Waals surface area contributed by atoms with E-state index in [4.69, 9.17) is 4.42 Å². The zero-order valence-corrected chi connectivity index (χ0v) is 13.5. The van der Waals surface area contributed by atoms with Gasteiger partial charge in [0.1, 0.15) is 5.58 Å². The third-order valence-electron chi connectivity index (χ3n) is 4.52. The van der Waals surface area contributed by atoms with Gasteiger partial charge in [-0.15, -0.1) is 0 Å². The summed E-state index contributed by atoms with van der Waals surface area (Å²) in [6.07, 6.45) is 0. The number of rotatable bonds is 1. The van der Waals surface area contributed by atoms with Gasteiger partial charge in [-0.1, -0.05) is 49.7 Å². The van der Waals surface area contributed by atoms with Gasteiger partial charge in [-0.2, -0.15) is 0 Å². The fourth-order valence-electron chi connectivity index (χ4n) is 3.17. The van der Waals surface area contributed by atoms with Crippen molar-refractivity contribution in [2.75, 3.05) is 0 Å². The normalized spacial score (nSPS) is 11.8. The molecule has 0 aliphatic carbocycles. The molecule has 2 nitrogen and oxygen atoms in total. The third kappa shape index (κ3) is 2.22. The Morgan fingerprint density at radius 3 is 2.39 bits per heavy atom. The molecule has 0 saturated heterocycles. The molecule has 0 N–H and O–H groups in total. The van der Waals surface area contributed by atoms with Crippen molar-refractivity contribution in [3.63, 3.8) is 0 Å². The van der Waals surface area contributed by atoms with Crippen LogP contribution in [-0.2, 0) is 0 Å². The highest BCUT2D eigenvalue weighted by atomic mass is 16.4. The summed E-state index contributed by atoms with van der Waals surface area (Å²) in [6.45, 7) is 6.33. The average Bonchev–Trinajstić information content (AvgIpc) is 2.53. The van der Waals surface area contributed by atoms with E-state index in [1.165, 1.54) is 11.1 Å². The second-order valence-electron chi connectivity index (χ2n) is 6.55. The van der Waals surface area contributed by atoms with Crippen LogP contribution in [0.5, 0.6) is 0 Å². The van der Waals surface area contributed by atoms with Gasteiger partial charge in [-0.05, 0) is 47.4 Å². The van der Waals surface area contributed by atoms with Crippen LogP contribution < -0.4 is 5.63 Å². The molecule has 0 aliphatic heterocycles. The van der Waals surface area contributed by atoms with Crippen LogP contribution in [0, 0.1) is 6.92 Å². The van der Waals surface area contributed by atoms with E-state index in [9.17, 15) is 4.79 Å². The van der Waals surface area contributed by atoms with Crippen LogP contribution in [0.2, 0.25) is 0 Å². The first kappa shape index (κ1) is 14.0. The topological polar surface area (TPSA) is 30.2 Å². The Hall–Kier alpha value is -2.61. The van der Waals surface area contributed by atoms with E-state index >= 15 is 0 Å². The van der Waals surface area contributed by atoms with Crippen molar-refractivity contribution in [3.05, 3.63) is 70.1 Å². The number of fused-ring (bicyclic) bond motifs is 4. The lowest BCUT2D eigenvalue weighted by Gasteiger charge is -2.09. The first-order valence-electron chi connectivity index (χ1n) is 7.94. The molecule has 1 heterocycles. The standard InChI is InChI=1S/C21H18O2/c1-12(2)14-6-7-17-18-9-15-5-4-13(3)8-16(15)10-19(18)21(22)23-20(17)11-14/h4-12H,1-3H3. The lowest BCUT2D eigenvalue weighted by Crippen LogP contribution is -2.00. The third-order valence-corrected chi connectivity index (χ3v) is 4.52. The van der Waals surface area contributed by atoms with E-state index in [1.54, 1.807) is 0 Å². The molecule has 4 rings (SSSR count). The first-order valence-corrected chi connectivity index (χ1v) is 7.94. The highest BCUT2D eigenvalue weighted by molar-refractivity contribution is 6.09. The van der Waals surface area contributed by atoms with E-state index in [0.29, 0.717) is 16.9 Å². The van der Waals surface area contributed by atoms with Gasteiger partial charge in [0, 0.05) is 10.8 Å². The molecular weight excluding hydrogens is 284 g/mol. The van der Waals surface area contributed by atoms with Crippen LogP contribution in [0.4, 0.5) is 0 Å². The van der Waals surface area contributed by atoms with E-state index < -0.39 is 0 Å². The van der Waals surface area contributed by atoms with Gasteiger partial charge in [0.2, 0.25) is 0 Å². The molecule has 0 bridgehead atoms. The second-order valence-corrected chi connectivity index (χ2v) is 6.55. The van der Waals surface area contributed by atoms with Gasteiger partial charge in [-0.25, -0.2) is 4.79 Å². The Bertz CT molecular complexity index is 1120. The molecule has 0 atom stereocenters. The van der Waals surface area contributed by atoms with Crippen molar-refractivity contribution in [3.8, 4) is 0 Å². The van der Waals surface area contributed by atoms with E-state index in [1.807, 2.05) is 12.1 Å². The molecule has 0 radical (unpaired) electrons. The lowest BCUT2D eigenvalue weighted by molar-refractivity contribution is 0.569. The average molecular weight is 302 g/mol. The summed E-state index contributed by atoms with van der Waals surface area (Å²) in [4.78, 5) is 12.4. The van der Waals surface area contributed by atoms with Crippen LogP contribution in [0.1, 0.15) is 30.9 Å². The van der Waals surface area contributed by atoms with Crippen molar-refractivity contribution in [2.45, 2.75) is 26.7 Å². The molecule has 2 heteroatoms. The predicted molar refractivity (Wildman–Crippen MR) is 96.3 cm³/mol. The first-order chi connectivity index (χ1) is 11.0. The largest absolute Gasteiger partial charge is 0.422 e. The smallest absolute Gasteiger partial charge is 0.344 e.